The molecule has 0 saturated heterocycles. The number of carbonyl (C=O) groups is 2. The lowest BCUT2D eigenvalue weighted by Crippen LogP contribution is -2.36. The number of nitrogens with zero attached hydrogens (tertiary/aromatic N) is 4. The third-order valence-electron chi connectivity index (χ3n) is 4.89. The van der Waals surface area contributed by atoms with Crippen molar-refractivity contribution in [3.8, 4) is 11.1 Å². The summed E-state index contributed by atoms with van der Waals surface area (Å²) in [7, 11) is 1.85. The molecule has 2 amide bonds. The molecule has 2 aromatic heterocycles. The summed E-state index contributed by atoms with van der Waals surface area (Å²) in [6.07, 6.45) is 7.69. The first-order chi connectivity index (χ1) is 13.5. The highest BCUT2D eigenvalue weighted by Gasteiger charge is 2.24. The first kappa shape index (κ1) is 17.9. The number of hydrogen-bond donors (Lipinski definition) is 1. The van der Waals surface area contributed by atoms with E-state index in [0.717, 1.165) is 27.9 Å². The number of amides is 2. The molecule has 1 N–H and O–H groups in total. The topological polar surface area (TPSA) is 80.1 Å². The molecule has 7 nitrogen and oxygen atoms in total. The molecule has 0 unspecified atom stereocenters. The minimum absolute atomic E-state index is 0.0474. The minimum Gasteiger partial charge on any atom is -0.334 e. The zero-order valence-electron chi connectivity index (χ0n) is 15.8. The fraction of sp³-hybridized carbons (Fsp3) is 0.238. The van der Waals surface area contributed by atoms with Crippen molar-refractivity contribution in [1.29, 1.82) is 0 Å². The van der Waals surface area contributed by atoms with Gasteiger partial charge >= 0.3 is 0 Å². The Morgan fingerprint density at radius 3 is 2.75 bits per heavy atom. The number of rotatable bonds is 3. The van der Waals surface area contributed by atoms with Crippen molar-refractivity contribution >= 4 is 17.5 Å². The molecular formula is C21H21N5O2. The average molecular weight is 375 g/mol. The lowest BCUT2D eigenvalue weighted by molar-refractivity contribution is -0.114. The van der Waals surface area contributed by atoms with Crippen molar-refractivity contribution in [3.05, 3.63) is 65.7 Å². The predicted octanol–water partition coefficient (Wildman–Crippen LogP) is 2.64. The number of pyridine rings is 1. The van der Waals surface area contributed by atoms with Gasteiger partial charge in [-0.05, 0) is 29.7 Å². The van der Waals surface area contributed by atoms with Gasteiger partial charge < -0.3 is 10.2 Å². The van der Waals surface area contributed by atoms with Crippen LogP contribution in [0, 0.1) is 0 Å². The van der Waals surface area contributed by atoms with E-state index in [1.54, 1.807) is 23.3 Å². The zero-order chi connectivity index (χ0) is 19.7. The highest BCUT2D eigenvalue weighted by Crippen LogP contribution is 2.27. The highest BCUT2D eigenvalue weighted by molar-refractivity contribution is 5.95. The Labute approximate surface area is 163 Å². The van der Waals surface area contributed by atoms with Crippen molar-refractivity contribution in [3.63, 3.8) is 0 Å². The standard InChI is InChI=1S/C21H21N5O2/c1-14(27)24-20-5-3-4-15-13-26(7-6-19(15)20)21(28)17-8-16(9-22-10-17)18-11-23-25(2)12-18/h3-5,8-12H,6-7,13H2,1-2H3,(H,24,27). The second-order valence-electron chi connectivity index (χ2n) is 6.97. The van der Waals surface area contributed by atoms with Crippen molar-refractivity contribution in [2.45, 2.75) is 19.9 Å². The number of anilines is 1. The second kappa shape index (κ2) is 7.26. The fourth-order valence-corrected chi connectivity index (χ4v) is 3.56. The molecule has 0 atom stereocenters. The van der Waals surface area contributed by atoms with E-state index in [1.807, 2.05) is 42.4 Å². The van der Waals surface area contributed by atoms with Crippen LogP contribution in [0.5, 0.6) is 0 Å². The summed E-state index contributed by atoms with van der Waals surface area (Å²) in [5, 5.41) is 7.05. The van der Waals surface area contributed by atoms with Crippen molar-refractivity contribution < 1.29 is 9.59 Å². The van der Waals surface area contributed by atoms with E-state index in [4.69, 9.17) is 0 Å². The Kier molecular flexibility index (Phi) is 4.65. The summed E-state index contributed by atoms with van der Waals surface area (Å²) < 4.78 is 1.72. The van der Waals surface area contributed by atoms with E-state index in [1.165, 1.54) is 6.92 Å². The van der Waals surface area contributed by atoms with Crippen molar-refractivity contribution in [2.75, 3.05) is 11.9 Å². The lowest BCUT2D eigenvalue weighted by Gasteiger charge is -2.30. The van der Waals surface area contributed by atoms with Gasteiger partial charge in [0, 0.05) is 62.5 Å². The van der Waals surface area contributed by atoms with Gasteiger partial charge in [-0.25, -0.2) is 0 Å². The maximum atomic E-state index is 13.1. The molecule has 1 aliphatic rings. The Morgan fingerprint density at radius 2 is 2.00 bits per heavy atom. The lowest BCUT2D eigenvalue weighted by atomic mass is 9.97. The van der Waals surface area contributed by atoms with Crippen LogP contribution in [0.3, 0.4) is 0 Å². The number of aromatic nitrogens is 3. The Bertz CT molecular complexity index is 1060. The van der Waals surface area contributed by atoms with Crippen LogP contribution < -0.4 is 5.32 Å². The largest absolute Gasteiger partial charge is 0.334 e. The van der Waals surface area contributed by atoms with Gasteiger partial charge in [-0.15, -0.1) is 0 Å². The van der Waals surface area contributed by atoms with Crippen LogP contribution in [0.4, 0.5) is 5.69 Å². The van der Waals surface area contributed by atoms with Crippen LogP contribution >= 0.6 is 0 Å². The van der Waals surface area contributed by atoms with Crippen LogP contribution in [-0.2, 0) is 24.8 Å². The SMILES string of the molecule is CC(=O)Nc1cccc2c1CCN(C(=O)c1cncc(-c3cnn(C)c3)c1)C2. The number of hydrogen-bond acceptors (Lipinski definition) is 4. The fourth-order valence-electron chi connectivity index (χ4n) is 3.56. The van der Waals surface area contributed by atoms with Gasteiger partial charge in [0.1, 0.15) is 0 Å². The van der Waals surface area contributed by atoms with E-state index in [2.05, 4.69) is 15.4 Å². The van der Waals surface area contributed by atoms with Gasteiger partial charge in [-0.3, -0.25) is 19.3 Å². The van der Waals surface area contributed by atoms with Gasteiger partial charge in [-0.1, -0.05) is 12.1 Å². The third-order valence-corrected chi connectivity index (χ3v) is 4.89. The Morgan fingerprint density at radius 1 is 1.14 bits per heavy atom. The number of fused-ring (bicyclic) bond motifs is 1. The molecule has 1 aliphatic heterocycles. The van der Waals surface area contributed by atoms with Gasteiger partial charge in [0.05, 0.1) is 11.8 Å². The molecule has 0 spiro atoms. The van der Waals surface area contributed by atoms with E-state index < -0.39 is 0 Å². The van der Waals surface area contributed by atoms with Gasteiger partial charge in [0.25, 0.3) is 5.91 Å². The number of nitrogens with one attached hydrogen (secondary N) is 1. The predicted molar refractivity (Wildman–Crippen MR) is 106 cm³/mol. The first-order valence-corrected chi connectivity index (χ1v) is 9.13. The maximum Gasteiger partial charge on any atom is 0.255 e. The van der Waals surface area contributed by atoms with Crippen LogP contribution in [0.25, 0.3) is 11.1 Å². The number of carbonyl (C=O) groups excluding carboxylic acids is 2. The van der Waals surface area contributed by atoms with Crippen LogP contribution in [0.2, 0.25) is 0 Å². The number of aryl methyl sites for hydroxylation is 1. The normalized spacial score (nSPS) is 13.1. The van der Waals surface area contributed by atoms with E-state index in [0.29, 0.717) is 25.1 Å². The molecular weight excluding hydrogens is 354 g/mol. The monoisotopic (exact) mass is 375 g/mol. The molecule has 0 aliphatic carbocycles. The molecule has 0 saturated carbocycles. The van der Waals surface area contributed by atoms with E-state index >= 15 is 0 Å². The summed E-state index contributed by atoms with van der Waals surface area (Å²) in [4.78, 5) is 30.5. The van der Waals surface area contributed by atoms with Crippen LogP contribution in [0.15, 0.2) is 49.1 Å². The van der Waals surface area contributed by atoms with Gasteiger partial charge in [0.2, 0.25) is 5.91 Å². The van der Waals surface area contributed by atoms with E-state index in [9.17, 15) is 9.59 Å². The van der Waals surface area contributed by atoms with Crippen LogP contribution in [0.1, 0.15) is 28.4 Å². The van der Waals surface area contributed by atoms with Crippen LogP contribution in [-0.4, -0.2) is 38.0 Å². The molecule has 1 aromatic carbocycles. The summed E-state index contributed by atoms with van der Waals surface area (Å²) in [5.74, 6) is -0.140. The molecule has 28 heavy (non-hydrogen) atoms. The smallest absolute Gasteiger partial charge is 0.255 e. The molecule has 0 bridgehead atoms. The van der Waals surface area contributed by atoms with Crippen molar-refractivity contribution in [2.24, 2.45) is 7.05 Å². The molecule has 7 heteroatoms. The summed E-state index contributed by atoms with van der Waals surface area (Å²) in [6, 6.07) is 7.67. The molecule has 0 radical (unpaired) electrons. The zero-order valence-corrected chi connectivity index (χ0v) is 15.8. The van der Waals surface area contributed by atoms with Gasteiger partial charge in [0.15, 0.2) is 0 Å². The summed E-state index contributed by atoms with van der Waals surface area (Å²) in [5.41, 5.74) is 5.34. The Hall–Kier alpha value is -3.48. The Balaban J connectivity index is 1.57. The summed E-state index contributed by atoms with van der Waals surface area (Å²) >= 11 is 0. The quantitative estimate of drug-likeness (QED) is 0.763. The van der Waals surface area contributed by atoms with Gasteiger partial charge in [-0.2, -0.15) is 5.10 Å². The molecule has 3 heterocycles. The van der Waals surface area contributed by atoms with Crippen molar-refractivity contribution in [1.82, 2.24) is 19.7 Å². The summed E-state index contributed by atoms with van der Waals surface area (Å²) in [6.45, 7) is 2.61. The number of benzene rings is 1. The highest BCUT2D eigenvalue weighted by atomic mass is 16.2. The van der Waals surface area contributed by atoms with E-state index in [-0.39, 0.29) is 11.8 Å². The minimum atomic E-state index is -0.0924. The molecule has 0 fully saturated rings. The second-order valence-corrected chi connectivity index (χ2v) is 6.97. The average Bonchev–Trinajstić information content (AvgIpc) is 3.13. The maximum absolute atomic E-state index is 13.1. The molecule has 3 aromatic rings. The first-order valence-electron chi connectivity index (χ1n) is 9.13. The molecule has 4 rings (SSSR count). The third kappa shape index (κ3) is 3.51. The molecule has 142 valence electrons.